The molecule has 0 spiro atoms. The van der Waals surface area contributed by atoms with Crippen LogP contribution in [0, 0.1) is 0 Å². The molecule has 38 heavy (non-hydrogen) atoms. The number of hydrogen-bond acceptors (Lipinski definition) is 6. The molecule has 8 heteroatoms. The zero-order valence-electron chi connectivity index (χ0n) is 20.9. The van der Waals surface area contributed by atoms with Gasteiger partial charge in [0.15, 0.2) is 11.4 Å². The molecule has 8 nitrogen and oxygen atoms in total. The molecular weight excluding hydrogens is 474 g/mol. The van der Waals surface area contributed by atoms with E-state index >= 15 is 0 Å². The average molecular weight is 502 g/mol. The normalized spacial score (nSPS) is 14.8. The number of nitrogens with one attached hydrogen (secondary N) is 1. The molecule has 0 atom stereocenters. The number of piperidine rings is 1. The first-order chi connectivity index (χ1) is 18.8. The Bertz CT molecular complexity index is 1640. The van der Waals surface area contributed by atoms with Crippen molar-refractivity contribution in [1.82, 2.24) is 34.7 Å². The van der Waals surface area contributed by atoms with E-state index in [0.29, 0.717) is 17.5 Å². The third-order valence-corrected chi connectivity index (χ3v) is 7.32. The summed E-state index contributed by atoms with van der Waals surface area (Å²) in [7, 11) is 0. The lowest BCUT2D eigenvalue weighted by Gasteiger charge is -2.30. The van der Waals surface area contributed by atoms with E-state index in [1.165, 1.54) is 5.56 Å². The van der Waals surface area contributed by atoms with Crippen molar-refractivity contribution < 1.29 is 4.42 Å². The Kier molecular flexibility index (Phi) is 5.79. The standard InChI is InChI=1S/C30H27N7O/c1-2-5-22(6-3-1)25-20-37-27(12-15-31-37)32-28(25)23-10-8-21(9-11-23)19-36-16-13-24(14-17-36)29-33-30(35-34-29)26-7-4-18-38-26/h1-12,15,18,20,24H,13-14,16-17,19H2,(H,33,34,35). The summed E-state index contributed by atoms with van der Waals surface area (Å²) < 4.78 is 7.26. The summed E-state index contributed by atoms with van der Waals surface area (Å²) >= 11 is 0. The fourth-order valence-electron chi connectivity index (χ4n) is 5.27. The molecule has 0 saturated carbocycles. The molecule has 0 aliphatic carbocycles. The Morgan fingerprint density at radius 2 is 1.71 bits per heavy atom. The molecule has 188 valence electrons. The number of fused-ring (bicyclic) bond motifs is 1. The van der Waals surface area contributed by atoms with Crippen LogP contribution in [0.25, 0.3) is 39.6 Å². The summed E-state index contributed by atoms with van der Waals surface area (Å²) in [5, 5.41) is 11.9. The van der Waals surface area contributed by atoms with E-state index in [4.69, 9.17) is 9.40 Å². The van der Waals surface area contributed by atoms with Crippen LogP contribution in [0.1, 0.15) is 30.1 Å². The first-order valence-electron chi connectivity index (χ1n) is 13.0. The van der Waals surface area contributed by atoms with Gasteiger partial charge in [0.1, 0.15) is 5.82 Å². The Hall–Kier alpha value is -4.56. The highest BCUT2D eigenvalue weighted by atomic mass is 16.3. The van der Waals surface area contributed by atoms with Crippen LogP contribution >= 0.6 is 0 Å². The van der Waals surface area contributed by atoms with E-state index in [-0.39, 0.29) is 0 Å². The number of nitrogens with zero attached hydrogens (tertiary/aromatic N) is 6. The summed E-state index contributed by atoms with van der Waals surface area (Å²) in [5.74, 6) is 2.68. The summed E-state index contributed by atoms with van der Waals surface area (Å²) in [6.07, 6.45) is 7.61. The van der Waals surface area contributed by atoms with Crippen LogP contribution in [0.3, 0.4) is 0 Å². The third kappa shape index (κ3) is 4.39. The van der Waals surface area contributed by atoms with E-state index in [0.717, 1.165) is 66.3 Å². The van der Waals surface area contributed by atoms with Crippen molar-refractivity contribution in [1.29, 1.82) is 0 Å². The average Bonchev–Trinajstić information content (AvgIpc) is 3.76. The maximum absolute atomic E-state index is 5.42. The Labute approximate surface area is 220 Å². The highest BCUT2D eigenvalue weighted by Crippen LogP contribution is 2.32. The lowest BCUT2D eigenvalue weighted by molar-refractivity contribution is 0.202. The fourth-order valence-corrected chi connectivity index (χ4v) is 5.27. The van der Waals surface area contributed by atoms with Crippen LogP contribution in [-0.2, 0) is 6.54 Å². The predicted molar refractivity (Wildman–Crippen MR) is 145 cm³/mol. The van der Waals surface area contributed by atoms with Gasteiger partial charge in [-0.1, -0.05) is 54.6 Å². The monoisotopic (exact) mass is 501 g/mol. The number of furan rings is 1. The van der Waals surface area contributed by atoms with Gasteiger partial charge in [0.05, 0.1) is 18.2 Å². The van der Waals surface area contributed by atoms with E-state index in [9.17, 15) is 0 Å². The van der Waals surface area contributed by atoms with Gasteiger partial charge in [0.25, 0.3) is 0 Å². The minimum absolute atomic E-state index is 0.394. The van der Waals surface area contributed by atoms with Crippen LogP contribution in [0.4, 0.5) is 0 Å². The Morgan fingerprint density at radius 1 is 0.868 bits per heavy atom. The zero-order valence-corrected chi connectivity index (χ0v) is 20.9. The maximum atomic E-state index is 5.42. The predicted octanol–water partition coefficient (Wildman–Crippen LogP) is 5.82. The molecule has 1 aliphatic rings. The molecule has 7 rings (SSSR count). The fraction of sp³-hybridized carbons (Fsp3) is 0.200. The van der Waals surface area contributed by atoms with Gasteiger partial charge in [0, 0.05) is 35.9 Å². The SMILES string of the molecule is c1ccc(-c2cn3nccc3nc2-c2ccc(CN3CCC(c4nc(-c5ccco5)n[nH]4)CC3)cc2)cc1. The number of hydrogen-bond donors (Lipinski definition) is 1. The van der Waals surface area contributed by atoms with Crippen LogP contribution < -0.4 is 0 Å². The van der Waals surface area contributed by atoms with E-state index in [2.05, 4.69) is 79.9 Å². The van der Waals surface area contributed by atoms with Crippen molar-refractivity contribution in [3.8, 4) is 34.0 Å². The first kappa shape index (κ1) is 22.6. The quantitative estimate of drug-likeness (QED) is 0.309. The second-order valence-corrected chi connectivity index (χ2v) is 9.77. The number of rotatable bonds is 6. The van der Waals surface area contributed by atoms with Crippen molar-refractivity contribution in [3.63, 3.8) is 0 Å². The van der Waals surface area contributed by atoms with Gasteiger partial charge in [-0.3, -0.25) is 10.00 Å². The van der Waals surface area contributed by atoms with Crippen molar-refractivity contribution in [3.05, 3.63) is 103 Å². The Balaban J connectivity index is 1.04. The molecule has 0 unspecified atom stereocenters. The van der Waals surface area contributed by atoms with Crippen molar-refractivity contribution >= 4 is 5.65 Å². The molecule has 4 aromatic heterocycles. The number of likely N-dealkylation sites (tertiary alicyclic amines) is 1. The highest BCUT2D eigenvalue weighted by Gasteiger charge is 2.24. The molecule has 1 fully saturated rings. The number of H-pyrrole nitrogens is 1. The minimum atomic E-state index is 0.394. The molecule has 0 bridgehead atoms. The van der Waals surface area contributed by atoms with E-state index < -0.39 is 0 Å². The summed E-state index contributed by atoms with van der Waals surface area (Å²) in [4.78, 5) is 12.1. The minimum Gasteiger partial charge on any atom is -0.461 e. The smallest absolute Gasteiger partial charge is 0.216 e. The third-order valence-electron chi connectivity index (χ3n) is 7.32. The molecule has 6 aromatic rings. The van der Waals surface area contributed by atoms with Crippen LogP contribution in [0.5, 0.6) is 0 Å². The van der Waals surface area contributed by atoms with Gasteiger partial charge in [-0.15, -0.1) is 0 Å². The van der Waals surface area contributed by atoms with Crippen molar-refractivity contribution in [2.45, 2.75) is 25.3 Å². The Morgan fingerprint density at radius 3 is 2.50 bits per heavy atom. The van der Waals surface area contributed by atoms with Crippen LogP contribution in [0.2, 0.25) is 0 Å². The summed E-state index contributed by atoms with van der Waals surface area (Å²) in [6.45, 7) is 2.99. The second kappa shape index (κ2) is 9.72. The number of benzene rings is 2. The summed E-state index contributed by atoms with van der Waals surface area (Å²) in [6, 6.07) is 24.9. The van der Waals surface area contributed by atoms with Gasteiger partial charge in [0.2, 0.25) is 5.82 Å². The number of aromatic nitrogens is 6. The number of aromatic amines is 1. The van der Waals surface area contributed by atoms with Crippen LogP contribution in [0.15, 0.2) is 95.9 Å². The molecule has 5 heterocycles. The van der Waals surface area contributed by atoms with E-state index in [1.807, 2.05) is 28.8 Å². The van der Waals surface area contributed by atoms with Gasteiger partial charge >= 0.3 is 0 Å². The molecule has 1 aliphatic heterocycles. The first-order valence-corrected chi connectivity index (χ1v) is 13.0. The molecule has 1 N–H and O–H groups in total. The van der Waals surface area contributed by atoms with Crippen molar-refractivity contribution in [2.75, 3.05) is 13.1 Å². The van der Waals surface area contributed by atoms with Gasteiger partial charge in [-0.05, 0) is 49.2 Å². The largest absolute Gasteiger partial charge is 0.461 e. The van der Waals surface area contributed by atoms with E-state index in [1.54, 1.807) is 12.5 Å². The van der Waals surface area contributed by atoms with Crippen LogP contribution in [-0.4, -0.2) is 47.8 Å². The summed E-state index contributed by atoms with van der Waals surface area (Å²) in [5.41, 5.74) is 6.42. The highest BCUT2D eigenvalue weighted by molar-refractivity contribution is 5.81. The second-order valence-electron chi connectivity index (χ2n) is 9.77. The zero-order chi connectivity index (χ0) is 25.3. The topological polar surface area (TPSA) is 88.1 Å². The maximum Gasteiger partial charge on any atom is 0.216 e. The van der Waals surface area contributed by atoms with Gasteiger partial charge < -0.3 is 4.42 Å². The molecule has 2 aromatic carbocycles. The molecule has 0 radical (unpaired) electrons. The van der Waals surface area contributed by atoms with Gasteiger partial charge in [-0.25, -0.2) is 14.5 Å². The van der Waals surface area contributed by atoms with Gasteiger partial charge in [-0.2, -0.15) is 10.2 Å². The van der Waals surface area contributed by atoms with Crippen molar-refractivity contribution in [2.24, 2.45) is 0 Å². The molecule has 0 amide bonds. The lowest BCUT2D eigenvalue weighted by atomic mass is 9.95. The lowest BCUT2D eigenvalue weighted by Crippen LogP contribution is -2.32. The molecule has 1 saturated heterocycles. The molecular formula is C30H27N7O.